The van der Waals surface area contributed by atoms with Gasteiger partial charge in [-0.2, -0.15) is 0 Å². The first kappa shape index (κ1) is 10.7. The molecule has 0 aromatic rings. The molecule has 10 heavy (non-hydrogen) atoms. The van der Waals surface area contributed by atoms with Gasteiger partial charge < -0.3 is 0 Å². The van der Waals surface area contributed by atoms with Crippen LogP contribution in [0, 0.1) is 0 Å². The van der Waals surface area contributed by atoms with E-state index in [1.54, 1.807) is 6.08 Å². The monoisotopic (exact) mass is 186 g/mol. The van der Waals surface area contributed by atoms with Crippen LogP contribution in [0.15, 0.2) is 16.2 Å². The molecule has 0 amide bonds. The summed E-state index contributed by atoms with van der Waals surface area (Å²) in [4.78, 5) is 0. The number of nitrogens with zero attached hydrogens (tertiary/aromatic N) is 2. The van der Waals surface area contributed by atoms with Crippen LogP contribution in [0.5, 0.6) is 0 Å². The first-order valence-electron chi connectivity index (χ1n) is 2.18. The molecule has 0 aromatic carbocycles. The molecule has 7 heteroatoms. The van der Waals surface area contributed by atoms with E-state index in [4.69, 9.17) is 5.84 Å². The number of hydrogen-bond donors (Lipinski definition) is 4. The van der Waals surface area contributed by atoms with Crippen molar-refractivity contribution in [1.29, 1.82) is 0 Å². The fourth-order valence-corrected chi connectivity index (χ4v) is 0.988. The van der Waals surface area contributed by atoms with Gasteiger partial charge in [0.15, 0.2) is 0 Å². The van der Waals surface area contributed by atoms with Crippen LogP contribution in [-0.2, 0) is 0 Å². The van der Waals surface area contributed by atoms with E-state index in [0.717, 1.165) is 5.23 Å². The molecule has 0 spiro atoms. The van der Waals surface area contributed by atoms with Crippen molar-refractivity contribution in [3.63, 3.8) is 0 Å². The number of hydrazone groups is 1. The number of rotatable bonds is 0. The average molecular weight is 186 g/mol. The van der Waals surface area contributed by atoms with Gasteiger partial charge in [0.1, 0.15) is 5.04 Å². The van der Waals surface area contributed by atoms with Gasteiger partial charge in [-0.1, -0.05) is 0 Å². The minimum absolute atomic E-state index is 0. The van der Waals surface area contributed by atoms with E-state index in [-0.39, 0.29) is 29.6 Å². The summed E-state index contributed by atoms with van der Waals surface area (Å²) in [6.45, 7) is 0. The van der Waals surface area contributed by atoms with Crippen LogP contribution in [-0.4, -0.2) is 39.8 Å². The van der Waals surface area contributed by atoms with Gasteiger partial charge in [-0.05, 0) is 0 Å². The summed E-state index contributed by atoms with van der Waals surface area (Å²) in [5.41, 5.74) is 2.61. The molecule has 1 heterocycles. The molecule has 52 valence electrons. The third kappa shape index (κ3) is 3.18. The normalized spacial score (nSPS) is 16.5. The van der Waals surface area contributed by atoms with Crippen molar-refractivity contribution in [3.8, 4) is 0 Å². The van der Waals surface area contributed by atoms with Crippen molar-refractivity contribution in [2.45, 2.75) is 0 Å². The van der Waals surface area contributed by atoms with E-state index in [1.807, 2.05) is 0 Å². The number of nitrogens with two attached hydrogens (primary N) is 1. The predicted molar refractivity (Wildman–Crippen MR) is 49.8 cm³/mol. The summed E-state index contributed by atoms with van der Waals surface area (Å²) >= 11 is 7.92. The molecular formula is C3H7N4NaS2. The molecular weight excluding hydrogens is 179 g/mol. The SMILES string of the molecule is NN1N=C(S)C=C(S)N1.[NaH]. The number of hydrazine groups is 2. The van der Waals surface area contributed by atoms with Gasteiger partial charge in [0, 0.05) is 6.08 Å². The molecule has 3 N–H and O–H groups in total. The van der Waals surface area contributed by atoms with E-state index >= 15 is 0 Å². The molecule has 0 aromatic heterocycles. The first-order valence-corrected chi connectivity index (χ1v) is 3.07. The number of hydrogen-bond acceptors (Lipinski definition) is 5. The fourth-order valence-electron chi connectivity index (χ4n) is 0.436. The van der Waals surface area contributed by atoms with E-state index in [1.165, 1.54) is 0 Å². The molecule has 1 aliphatic heterocycles. The summed E-state index contributed by atoms with van der Waals surface area (Å²) in [6, 6.07) is 0. The standard InChI is InChI=1S/C3H6N4S2.Na.H/c4-7-5-2(8)1-3(9)6-7;;/h1,5,8H,4H2,(H,6,9);;. The van der Waals surface area contributed by atoms with E-state index < -0.39 is 0 Å². The summed E-state index contributed by atoms with van der Waals surface area (Å²) in [7, 11) is 0. The first-order chi connectivity index (χ1) is 4.18. The van der Waals surface area contributed by atoms with Crippen LogP contribution in [0.25, 0.3) is 0 Å². The van der Waals surface area contributed by atoms with Crippen molar-refractivity contribution in [3.05, 3.63) is 11.1 Å². The molecule has 1 rings (SSSR count). The second kappa shape index (κ2) is 4.53. The predicted octanol–water partition coefficient (Wildman–Crippen LogP) is -0.954. The molecule has 0 atom stereocenters. The number of nitrogens with one attached hydrogen (secondary N) is 1. The van der Waals surface area contributed by atoms with Crippen molar-refractivity contribution in [1.82, 2.24) is 10.7 Å². The van der Waals surface area contributed by atoms with Crippen molar-refractivity contribution >= 4 is 59.9 Å². The van der Waals surface area contributed by atoms with Crippen LogP contribution < -0.4 is 11.3 Å². The quantitative estimate of drug-likeness (QED) is 0.224. The number of thiol groups is 2. The van der Waals surface area contributed by atoms with Crippen LogP contribution >= 0.6 is 25.3 Å². The Labute approximate surface area is 92.0 Å². The van der Waals surface area contributed by atoms with Gasteiger partial charge in [-0.3, -0.25) is 5.43 Å². The topological polar surface area (TPSA) is 53.6 Å². The van der Waals surface area contributed by atoms with Gasteiger partial charge in [-0.15, -0.1) is 35.6 Å². The second-order valence-electron chi connectivity index (χ2n) is 1.44. The molecule has 0 fully saturated rings. The third-order valence-corrected chi connectivity index (χ3v) is 1.15. The molecule has 0 unspecified atom stereocenters. The zero-order valence-electron chi connectivity index (χ0n) is 4.44. The Bertz CT molecular complexity index is 179. The molecule has 1 aliphatic rings. The maximum atomic E-state index is 5.21. The van der Waals surface area contributed by atoms with Crippen molar-refractivity contribution < 1.29 is 0 Å². The van der Waals surface area contributed by atoms with Crippen LogP contribution in [0.2, 0.25) is 0 Å². The molecule has 0 saturated carbocycles. The molecule has 4 nitrogen and oxygen atoms in total. The van der Waals surface area contributed by atoms with Gasteiger partial charge >= 0.3 is 29.6 Å². The molecule has 0 bridgehead atoms. The fraction of sp³-hybridized carbons (Fsp3) is 0. The van der Waals surface area contributed by atoms with Gasteiger partial charge in [-0.25, -0.2) is 5.84 Å². The average Bonchev–Trinajstić information content (AvgIpc) is 1.59. The molecule has 0 aliphatic carbocycles. The van der Waals surface area contributed by atoms with Crippen LogP contribution in [0.1, 0.15) is 0 Å². The van der Waals surface area contributed by atoms with Crippen LogP contribution in [0.4, 0.5) is 0 Å². The van der Waals surface area contributed by atoms with E-state index in [9.17, 15) is 0 Å². The maximum absolute atomic E-state index is 5.21. The zero-order chi connectivity index (χ0) is 6.85. The van der Waals surface area contributed by atoms with Crippen molar-refractivity contribution in [2.24, 2.45) is 10.9 Å². The Morgan fingerprint density at radius 1 is 1.60 bits per heavy atom. The van der Waals surface area contributed by atoms with E-state index in [2.05, 4.69) is 35.8 Å². The molecule has 0 radical (unpaired) electrons. The van der Waals surface area contributed by atoms with Crippen molar-refractivity contribution in [2.75, 3.05) is 0 Å². The minimum atomic E-state index is 0. The summed E-state index contributed by atoms with van der Waals surface area (Å²) in [5, 5.41) is 5.89. The Hall–Kier alpha value is 0.670. The second-order valence-corrected chi connectivity index (χ2v) is 2.38. The van der Waals surface area contributed by atoms with Gasteiger partial charge in [0.05, 0.1) is 5.03 Å². The summed E-state index contributed by atoms with van der Waals surface area (Å²) in [5.74, 6) is 5.21. The third-order valence-electron chi connectivity index (χ3n) is 0.705. The van der Waals surface area contributed by atoms with E-state index in [0.29, 0.717) is 10.1 Å². The Morgan fingerprint density at radius 2 is 2.20 bits per heavy atom. The zero-order valence-corrected chi connectivity index (χ0v) is 6.23. The molecule has 0 saturated heterocycles. The summed E-state index contributed by atoms with van der Waals surface area (Å²) in [6.07, 6.45) is 1.65. The summed E-state index contributed by atoms with van der Waals surface area (Å²) < 4.78 is 0. The Morgan fingerprint density at radius 3 is 2.60 bits per heavy atom. The Balaban J connectivity index is 0.000000810. The Kier molecular flexibility index (Phi) is 4.83. The van der Waals surface area contributed by atoms with Gasteiger partial charge in [0.2, 0.25) is 0 Å². The van der Waals surface area contributed by atoms with Crippen LogP contribution in [0.3, 0.4) is 0 Å². The van der Waals surface area contributed by atoms with Gasteiger partial charge in [0.25, 0.3) is 0 Å².